The molecule has 0 N–H and O–H groups in total. The summed E-state index contributed by atoms with van der Waals surface area (Å²) in [6.07, 6.45) is 1.16. The molecular weight excluding hydrogens is 684 g/mol. The molecule has 0 saturated heterocycles. The summed E-state index contributed by atoms with van der Waals surface area (Å²) in [6, 6.07) is 33.7. The Kier molecular flexibility index (Phi) is 17.9. The van der Waals surface area contributed by atoms with Gasteiger partial charge in [0.2, 0.25) is 0 Å². The van der Waals surface area contributed by atoms with Crippen LogP contribution in [0.15, 0.2) is 106 Å². The van der Waals surface area contributed by atoms with Crippen molar-refractivity contribution in [2.45, 2.75) is 55.0 Å². The minimum atomic E-state index is -0.344. The van der Waals surface area contributed by atoms with Crippen molar-refractivity contribution in [2.24, 2.45) is 0 Å². The van der Waals surface area contributed by atoms with E-state index < -0.39 is 0 Å². The largest absolute Gasteiger partial charge is 1.00 e. The maximum atomic E-state index is 12.5. The van der Waals surface area contributed by atoms with Crippen molar-refractivity contribution in [3.05, 3.63) is 107 Å². The summed E-state index contributed by atoms with van der Waals surface area (Å²) in [5.74, 6) is 0. The number of hydrogen-bond donors (Lipinski definition) is 0. The number of nitrogens with zero attached hydrogens (tertiary/aromatic N) is 3. The van der Waals surface area contributed by atoms with Crippen LogP contribution in [0.1, 0.15) is 55.0 Å². The molecule has 4 aromatic carbocycles. The summed E-state index contributed by atoms with van der Waals surface area (Å²) in [5, 5.41) is 4.33. The van der Waals surface area contributed by atoms with Crippen LogP contribution in [0, 0.1) is 0 Å². The van der Waals surface area contributed by atoms with E-state index in [-0.39, 0.29) is 100 Å². The van der Waals surface area contributed by atoms with Crippen LogP contribution in [0.5, 0.6) is 0 Å². The van der Waals surface area contributed by atoms with Crippen LogP contribution < -0.4 is 61.9 Å². The smallest absolute Gasteiger partial charge is 0.577 e. The van der Waals surface area contributed by atoms with Gasteiger partial charge in [0.05, 0.1) is 15.8 Å². The number of hydrogen-bond acceptors (Lipinski definition) is 5. The minimum absolute atomic E-state index is 0. The fraction of sp³-hybridized carbons (Fsp3) is 0.263. The third-order valence-corrected chi connectivity index (χ3v) is 9.09. The number of anilines is 1. The number of benzene rings is 4. The Morgan fingerprint density at radius 1 is 0.830 bits per heavy atom. The molecule has 1 atom stereocenters. The summed E-state index contributed by atoms with van der Waals surface area (Å²) < 4.78 is 9.13. The summed E-state index contributed by atoms with van der Waals surface area (Å²) in [7, 11) is 0. The molecule has 0 aliphatic carbocycles. The molecule has 3 heterocycles. The Labute approximate surface area is 341 Å². The first-order chi connectivity index (χ1) is 20.5. The maximum Gasteiger partial charge on any atom is 1.00 e. The SMILES string of the molecule is C.C.CCC(C)n1c2ccccc2c2ccccc21.CCN(CC)c1ccc2cc(-c3nc4ccccc4s3)c(=O)oc2c1.[K+].[PH2-].[V]. The normalized spacial score (nSPS) is 10.8. The second kappa shape index (κ2) is 19.4. The van der Waals surface area contributed by atoms with E-state index in [1.807, 2.05) is 42.5 Å². The van der Waals surface area contributed by atoms with Gasteiger partial charge >= 0.3 is 57.0 Å². The zero-order chi connectivity index (χ0) is 29.2. The van der Waals surface area contributed by atoms with Crippen molar-refractivity contribution < 1.29 is 74.4 Å². The average Bonchev–Trinajstić information content (AvgIpc) is 3.61. The molecule has 0 saturated carbocycles. The third kappa shape index (κ3) is 8.88. The molecule has 1 unspecified atom stereocenters. The van der Waals surface area contributed by atoms with Gasteiger partial charge in [0.25, 0.3) is 0 Å². The Morgan fingerprint density at radius 2 is 1.40 bits per heavy atom. The van der Waals surface area contributed by atoms with Crippen LogP contribution in [0.3, 0.4) is 0 Å². The number of fused-ring (bicyclic) bond motifs is 5. The molecule has 0 spiro atoms. The maximum absolute atomic E-state index is 12.5. The molecule has 241 valence electrons. The van der Waals surface area contributed by atoms with Crippen LogP contribution in [0.4, 0.5) is 5.69 Å². The van der Waals surface area contributed by atoms with E-state index in [2.05, 4.69) is 96.7 Å². The topological polar surface area (TPSA) is 51.3 Å². The fourth-order valence-electron chi connectivity index (χ4n) is 5.63. The second-order valence-corrected chi connectivity index (χ2v) is 11.5. The third-order valence-electron chi connectivity index (χ3n) is 8.02. The van der Waals surface area contributed by atoms with Crippen molar-refractivity contribution in [1.82, 2.24) is 9.55 Å². The molecule has 47 heavy (non-hydrogen) atoms. The first-order valence-electron chi connectivity index (χ1n) is 14.7. The van der Waals surface area contributed by atoms with Crippen LogP contribution >= 0.6 is 21.2 Å². The van der Waals surface area contributed by atoms with Crippen molar-refractivity contribution in [3.8, 4) is 10.6 Å². The van der Waals surface area contributed by atoms with Crippen molar-refractivity contribution in [1.29, 1.82) is 0 Å². The summed E-state index contributed by atoms with van der Waals surface area (Å²) in [5.41, 5.74) is 5.45. The van der Waals surface area contributed by atoms with E-state index >= 15 is 0 Å². The first-order valence-corrected chi connectivity index (χ1v) is 15.5. The number of para-hydroxylation sites is 3. The predicted molar refractivity (Wildman–Crippen MR) is 202 cm³/mol. The Morgan fingerprint density at radius 3 is 1.98 bits per heavy atom. The molecule has 5 nitrogen and oxygen atoms in total. The fourth-order valence-corrected chi connectivity index (χ4v) is 6.60. The van der Waals surface area contributed by atoms with Crippen LogP contribution in [0.2, 0.25) is 0 Å². The van der Waals surface area contributed by atoms with Crippen molar-refractivity contribution >= 4 is 69.9 Å². The molecule has 0 bridgehead atoms. The predicted octanol–water partition coefficient (Wildman–Crippen LogP) is 8.28. The van der Waals surface area contributed by atoms with Crippen molar-refractivity contribution in [2.75, 3.05) is 18.0 Å². The molecule has 1 radical (unpaired) electrons. The number of thiazole rings is 1. The molecule has 9 heteroatoms. The van der Waals surface area contributed by atoms with E-state index in [4.69, 9.17) is 4.42 Å². The monoisotopic (exact) mass is 728 g/mol. The molecular formula is C38H45KN3O2PSV. The van der Waals surface area contributed by atoms with Crippen LogP contribution in [0.25, 0.3) is 53.6 Å². The minimum Gasteiger partial charge on any atom is -0.577 e. The second-order valence-electron chi connectivity index (χ2n) is 10.5. The molecule has 0 aliphatic rings. The summed E-state index contributed by atoms with van der Waals surface area (Å²) in [4.78, 5) is 19.3. The molecule has 7 rings (SSSR count). The quantitative estimate of drug-likeness (QED) is 0.0983. The zero-order valence-corrected chi connectivity index (χ0v) is 33.0. The molecule has 0 fully saturated rings. The van der Waals surface area contributed by atoms with E-state index in [1.54, 1.807) is 0 Å². The number of aromatic nitrogens is 2. The van der Waals surface area contributed by atoms with Gasteiger partial charge in [0.15, 0.2) is 0 Å². The van der Waals surface area contributed by atoms with E-state index in [0.717, 1.165) is 40.8 Å². The Hall–Kier alpha value is -1.77. The van der Waals surface area contributed by atoms with Gasteiger partial charge in [-0.2, -0.15) is 0 Å². The average molecular weight is 729 g/mol. The van der Waals surface area contributed by atoms with E-state index in [9.17, 15) is 4.79 Å². The van der Waals surface area contributed by atoms with Gasteiger partial charge in [0.1, 0.15) is 10.6 Å². The molecule has 0 amide bonds. The van der Waals surface area contributed by atoms with Gasteiger partial charge in [0, 0.05) is 76.6 Å². The van der Waals surface area contributed by atoms with Gasteiger partial charge in [-0.15, -0.1) is 11.3 Å². The summed E-state index contributed by atoms with van der Waals surface area (Å²) in [6.45, 7) is 10.6. The van der Waals surface area contributed by atoms with Crippen molar-refractivity contribution in [3.63, 3.8) is 0 Å². The Bertz CT molecular complexity index is 2000. The van der Waals surface area contributed by atoms with Gasteiger partial charge in [-0.25, -0.2) is 9.78 Å². The van der Waals surface area contributed by atoms with Crippen LogP contribution in [-0.4, -0.2) is 22.6 Å². The zero-order valence-electron chi connectivity index (χ0n) is 26.5. The van der Waals surface area contributed by atoms with Gasteiger partial charge in [-0.1, -0.05) is 70.3 Å². The number of rotatable bonds is 6. The summed E-state index contributed by atoms with van der Waals surface area (Å²) >= 11 is 1.51. The van der Waals surface area contributed by atoms with E-state index in [0.29, 0.717) is 22.2 Å². The van der Waals surface area contributed by atoms with Gasteiger partial charge in [-0.05, 0) is 69.7 Å². The Balaban J connectivity index is 0.000000448. The standard InChI is InChI=1S/C20H18N2O2S.C16H17N.2CH4.K.H2P.V/c1-3-22(4-2)14-10-9-13-11-15(20(23)24-17(13)12-14)19-21-16-7-5-6-8-18(16)25-19;1-3-12(2)17-15-10-6-4-8-13(15)14-9-5-7-11-16(14)17;;;;;/h5-12H,3-4H2,1-2H3;4-12H,3H2,1-2H3;2*1H4;;1H2;/q;;;;+1;-1;. The molecule has 3 aromatic heterocycles. The molecule has 7 aromatic rings. The van der Waals surface area contributed by atoms with E-state index in [1.165, 1.54) is 33.1 Å². The van der Waals surface area contributed by atoms with Crippen LogP contribution in [-0.2, 0) is 18.6 Å². The molecule has 0 aliphatic heterocycles. The van der Waals surface area contributed by atoms with Gasteiger partial charge < -0.3 is 23.8 Å². The first kappa shape index (κ1) is 43.3. The van der Waals surface area contributed by atoms with Gasteiger partial charge in [-0.3, -0.25) is 0 Å².